The van der Waals surface area contributed by atoms with E-state index >= 15 is 4.79 Å². The third kappa shape index (κ3) is 6.60. The number of aliphatic hydroxyl groups is 1. The molecule has 0 unspecified atom stereocenters. The first-order chi connectivity index (χ1) is 23.6. The zero-order valence-corrected chi connectivity index (χ0v) is 29.7. The van der Waals surface area contributed by atoms with Crippen LogP contribution in [-0.4, -0.2) is 77.2 Å². The number of likely N-dealkylation sites (tertiary alicyclic amines) is 1. The molecule has 4 aliphatic heterocycles. The number of rotatable bonds is 7. The zero-order chi connectivity index (χ0) is 34.9. The lowest BCUT2D eigenvalue weighted by Gasteiger charge is -2.36. The van der Waals surface area contributed by atoms with Crippen LogP contribution in [0.2, 0.25) is 0 Å². The number of esters is 1. The highest BCUT2D eigenvalue weighted by Gasteiger charge is 2.75. The van der Waals surface area contributed by atoms with E-state index in [4.69, 9.17) is 9.47 Å². The lowest BCUT2D eigenvalue weighted by atomic mass is 9.74. The number of allylic oxidation sites excluding steroid dienone is 1. The summed E-state index contributed by atoms with van der Waals surface area (Å²) in [4.78, 5) is 60.4. The minimum atomic E-state index is -1.41. The van der Waals surface area contributed by atoms with Gasteiger partial charge in [-0.15, -0.1) is 0 Å². The first-order valence-corrected chi connectivity index (χ1v) is 17.9. The SMILES string of the molecule is Cc1ccc(C)c(N2C/C=C\CCC(=O)N[C@H](C)[C@@H](c3ccccc3)OC(=O)[C@@H]3[C@H]4O[C@@]5(C=C4Br)[C@H](C2=O)N(CCCCCO)C(=O)[C@@H]35)c1. The summed E-state index contributed by atoms with van der Waals surface area (Å²) in [7, 11) is 0. The van der Waals surface area contributed by atoms with Crippen molar-refractivity contribution in [2.24, 2.45) is 11.8 Å². The standard InChI is InChI=1S/C38H44BrN3O7/c1-23-16-17-24(2)28(21-23)41-18-10-5-9-15-29(44)40-25(3)32(26-13-7-4-8-14-26)48-37(47)30-31-35(45)42(19-11-6-12-20-43)34(36(41)46)38(31)22-27(39)33(30)49-38/h4-5,7-8,10,13-14,16-17,21-22,25,30-34,43H,6,9,11-12,15,18-20H2,1-3H3,(H,40,44)/b10-5-/t25-,30+,31-,32+,33+,34+,38-/m1/s1. The molecule has 7 atom stereocenters. The molecule has 10 nitrogen and oxygen atoms in total. The second-order valence-electron chi connectivity index (χ2n) is 13.5. The van der Waals surface area contributed by atoms with Crippen molar-refractivity contribution in [3.8, 4) is 0 Å². The zero-order valence-electron chi connectivity index (χ0n) is 28.1. The summed E-state index contributed by atoms with van der Waals surface area (Å²) >= 11 is 3.63. The van der Waals surface area contributed by atoms with Crippen LogP contribution in [0.25, 0.3) is 0 Å². The minimum absolute atomic E-state index is 0.0332. The minimum Gasteiger partial charge on any atom is -0.455 e. The Labute approximate surface area is 295 Å². The van der Waals surface area contributed by atoms with Crippen molar-refractivity contribution in [3.63, 3.8) is 0 Å². The maximum absolute atomic E-state index is 15.1. The van der Waals surface area contributed by atoms with E-state index in [0.29, 0.717) is 41.4 Å². The third-order valence-electron chi connectivity index (χ3n) is 10.1. The smallest absolute Gasteiger partial charge is 0.313 e. The molecule has 2 saturated heterocycles. The van der Waals surface area contributed by atoms with Gasteiger partial charge in [-0.05, 0) is 75.3 Å². The molecule has 2 N–H and O–H groups in total. The van der Waals surface area contributed by atoms with Crippen LogP contribution in [0.1, 0.15) is 61.8 Å². The number of benzene rings is 2. The first-order valence-electron chi connectivity index (χ1n) is 17.1. The largest absolute Gasteiger partial charge is 0.455 e. The van der Waals surface area contributed by atoms with Gasteiger partial charge in [-0.25, -0.2) is 0 Å². The molecule has 4 heterocycles. The summed E-state index contributed by atoms with van der Waals surface area (Å²) in [6.45, 7) is 6.21. The number of aryl methyl sites for hydroxylation is 2. The summed E-state index contributed by atoms with van der Waals surface area (Å²) < 4.78 is 13.5. The molecule has 2 aromatic rings. The average Bonchev–Trinajstić information content (AvgIpc) is 3.67. The Morgan fingerprint density at radius 2 is 1.76 bits per heavy atom. The predicted octanol–water partition coefficient (Wildman–Crippen LogP) is 4.81. The van der Waals surface area contributed by atoms with Gasteiger partial charge < -0.3 is 29.7 Å². The van der Waals surface area contributed by atoms with Crippen LogP contribution in [0.3, 0.4) is 0 Å². The molecular weight excluding hydrogens is 690 g/mol. The fourth-order valence-electron chi connectivity index (χ4n) is 7.76. The van der Waals surface area contributed by atoms with Crippen molar-refractivity contribution in [1.82, 2.24) is 10.2 Å². The Kier molecular flexibility index (Phi) is 10.4. The fourth-order valence-corrected chi connectivity index (χ4v) is 8.50. The molecule has 0 saturated carbocycles. The number of anilines is 1. The van der Waals surface area contributed by atoms with Crippen LogP contribution in [-0.2, 0) is 28.7 Å². The van der Waals surface area contributed by atoms with Crippen LogP contribution in [0.15, 0.2) is 71.2 Å². The highest BCUT2D eigenvalue weighted by atomic mass is 79.9. The lowest BCUT2D eigenvalue weighted by molar-refractivity contribution is -0.161. The molecule has 0 aromatic heterocycles. The van der Waals surface area contributed by atoms with E-state index in [9.17, 15) is 19.5 Å². The number of ether oxygens (including phenoxy) is 2. The Bertz CT molecular complexity index is 1660. The number of nitrogens with one attached hydrogen (secondary N) is 1. The van der Waals surface area contributed by atoms with Crippen LogP contribution < -0.4 is 10.2 Å². The fraction of sp³-hybridized carbons (Fsp3) is 0.474. The number of unbranched alkanes of at least 4 members (excludes halogenated alkanes) is 2. The molecule has 2 fully saturated rings. The number of fused-ring (bicyclic) bond motifs is 2. The van der Waals surface area contributed by atoms with Crippen LogP contribution in [0, 0.1) is 25.7 Å². The number of hydrogen-bond donors (Lipinski definition) is 2. The molecule has 5 bridgehead atoms. The van der Waals surface area contributed by atoms with Gasteiger partial charge in [0.15, 0.2) is 0 Å². The van der Waals surface area contributed by atoms with E-state index in [0.717, 1.165) is 11.1 Å². The second-order valence-corrected chi connectivity index (χ2v) is 14.4. The van der Waals surface area contributed by atoms with Crippen LogP contribution in [0.4, 0.5) is 5.69 Å². The van der Waals surface area contributed by atoms with Crippen molar-refractivity contribution < 1.29 is 33.8 Å². The second kappa shape index (κ2) is 14.6. The van der Waals surface area contributed by atoms with E-state index in [1.165, 1.54) is 0 Å². The maximum atomic E-state index is 15.1. The average molecular weight is 735 g/mol. The summed E-state index contributed by atoms with van der Waals surface area (Å²) in [5.41, 5.74) is 1.87. The van der Waals surface area contributed by atoms with Gasteiger partial charge in [0, 0.05) is 36.3 Å². The van der Waals surface area contributed by atoms with E-state index in [1.54, 1.807) is 16.7 Å². The summed E-state index contributed by atoms with van der Waals surface area (Å²) in [5.74, 6) is -3.50. The number of carbonyl (C=O) groups excluding carboxylic acids is 4. The molecule has 1 spiro atoms. The topological polar surface area (TPSA) is 125 Å². The van der Waals surface area contributed by atoms with Gasteiger partial charge in [0.1, 0.15) is 29.8 Å². The normalized spacial score (nSPS) is 31.0. The number of halogens is 1. The van der Waals surface area contributed by atoms with Crippen LogP contribution >= 0.6 is 15.9 Å². The Morgan fingerprint density at radius 1 is 0.980 bits per heavy atom. The molecule has 4 aliphatic rings. The molecule has 0 radical (unpaired) electrons. The highest BCUT2D eigenvalue weighted by Crippen LogP contribution is 2.59. The van der Waals surface area contributed by atoms with E-state index in [2.05, 4.69) is 21.2 Å². The van der Waals surface area contributed by atoms with Crippen molar-refractivity contribution >= 4 is 45.3 Å². The molecule has 11 heteroatoms. The van der Waals surface area contributed by atoms with Crippen molar-refractivity contribution in [3.05, 3.63) is 87.9 Å². The Hall–Kier alpha value is -3.80. The van der Waals surface area contributed by atoms with Crippen molar-refractivity contribution in [2.45, 2.75) is 82.8 Å². The van der Waals surface area contributed by atoms with Crippen molar-refractivity contribution in [2.75, 3.05) is 24.6 Å². The highest BCUT2D eigenvalue weighted by molar-refractivity contribution is 9.11. The molecule has 3 amide bonds. The predicted molar refractivity (Wildman–Crippen MR) is 188 cm³/mol. The van der Waals surface area contributed by atoms with E-state index in [-0.39, 0.29) is 43.8 Å². The van der Waals surface area contributed by atoms with Gasteiger partial charge in [-0.3, -0.25) is 19.2 Å². The molecule has 0 aliphatic carbocycles. The van der Waals surface area contributed by atoms with E-state index in [1.807, 2.05) is 80.6 Å². The number of carbonyl (C=O) groups is 4. The quantitative estimate of drug-likeness (QED) is 0.238. The first kappa shape index (κ1) is 35.0. The Morgan fingerprint density at radius 3 is 2.51 bits per heavy atom. The van der Waals surface area contributed by atoms with Gasteiger partial charge >= 0.3 is 5.97 Å². The monoisotopic (exact) mass is 733 g/mol. The summed E-state index contributed by atoms with van der Waals surface area (Å²) in [6.07, 6.45) is 6.40. The summed E-state index contributed by atoms with van der Waals surface area (Å²) in [5, 5.41) is 12.4. The molecule has 260 valence electrons. The number of amides is 3. The molecule has 2 aromatic carbocycles. The van der Waals surface area contributed by atoms with Gasteiger partial charge in [0.2, 0.25) is 11.8 Å². The third-order valence-corrected chi connectivity index (χ3v) is 10.8. The van der Waals surface area contributed by atoms with Gasteiger partial charge in [0.05, 0.1) is 12.0 Å². The molecular formula is C38H44BrN3O7. The van der Waals surface area contributed by atoms with Crippen LogP contribution in [0.5, 0.6) is 0 Å². The lowest BCUT2D eigenvalue weighted by Crippen LogP contribution is -2.56. The van der Waals surface area contributed by atoms with E-state index < -0.39 is 47.7 Å². The Balaban J connectivity index is 1.47. The number of hydrogen-bond acceptors (Lipinski definition) is 7. The maximum Gasteiger partial charge on any atom is 0.313 e. The van der Waals surface area contributed by atoms with Gasteiger partial charge in [0.25, 0.3) is 5.91 Å². The summed E-state index contributed by atoms with van der Waals surface area (Å²) in [6, 6.07) is 13.5. The number of nitrogens with zero attached hydrogens (tertiary/aromatic N) is 2. The van der Waals surface area contributed by atoms with Gasteiger partial charge in [-0.2, -0.15) is 0 Å². The van der Waals surface area contributed by atoms with Crippen molar-refractivity contribution in [1.29, 1.82) is 0 Å². The van der Waals surface area contributed by atoms with Gasteiger partial charge in [-0.1, -0.05) is 70.5 Å². The number of aliphatic hydroxyl groups excluding tert-OH is 1. The molecule has 49 heavy (non-hydrogen) atoms. The molecule has 6 rings (SSSR count). The number of cyclic esters (lactones) is 1.